The molecule has 0 aromatic heterocycles. The number of ether oxygens (including phenoxy) is 4. The molecule has 0 aliphatic heterocycles. The summed E-state index contributed by atoms with van der Waals surface area (Å²) in [7, 11) is 3.19. The van der Waals surface area contributed by atoms with Crippen molar-refractivity contribution < 1.29 is 28.8 Å². The zero-order valence-corrected chi connectivity index (χ0v) is 17.9. The maximum absolute atomic E-state index is 12.6. The Morgan fingerprint density at radius 2 is 1.42 bits per heavy atom. The van der Waals surface area contributed by atoms with Crippen LogP contribution in [0.25, 0.3) is 22.3 Å². The first-order valence-corrected chi connectivity index (χ1v) is 9.99. The molecule has 0 saturated carbocycles. The van der Waals surface area contributed by atoms with Gasteiger partial charge in [0.2, 0.25) is 0 Å². The SMILES string of the molecule is CCOC(=O)c1cc(-c2cccc(OC)c2)c(OCCO)c(-c2cccc(OC)c2)c1. The maximum Gasteiger partial charge on any atom is 0.338 e. The molecule has 0 spiro atoms. The lowest BCUT2D eigenvalue weighted by Gasteiger charge is -2.18. The Kier molecular flexibility index (Phi) is 7.51. The van der Waals surface area contributed by atoms with E-state index in [1.165, 1.54) is 0 Å². The topological polar surface area (TPSA) is 74.2 Å². The second-order valence-electron chi connectivity index (χ2n) is 6.66. The number of benzene rings is 3. The van der Waals surface area contributed by atoms with Crippen LogP contribution in [-0.2, 0) is 4.74 Å². The molecule has 6 nitrogen and oxygen atoms in total. The van der Waals surface area contributed by atoms with E-state index in [4.69, 9.17) is 18.9 Å². The molecule has 0 saturated heterocycles. The van der Waals surface area contributed by atoms with Gasteiger partial charge in [0.15, 0.2) is 0 Å². The number of carbonyl (C=O) groups is 1. The van der Waals surface area contributed by atoms with Gasteiger partial charge in [0.1, 0.15) is 23.9 Å². The van der Waals surface area contributed by atoms with Crippen LogP contribution in [0.15, 0.2) is 60.7 Å². The summed E-state index contributed by atoms with van der Waals surface area (Å²) in [6, 6.07) is 18.5. The molecule has 0 unspecified atom stereocenters. The van der Waals surface area contributed by atoms with Crippen molar-refractivity contribution in [2.24, 2.45) is 0 Å². The van der Waals surface area contributed by atoms with Crippen molar-refractivity contribution in [3.8, 4) is 39.5 Å². The number of esters is 1. The summed E-state index contributed by atoms with van der Waals surface area (Å²) in [4.78, 5) is 12.6. The van der Waals surface area contributed by atoms with Gasteiger partial charge in [0.05, 0.1) is 33.0 Å². The number of aliphatic hydroxyl groups excluding tert-OH is 1. The highest BCUT2D eigenvalue weighted by atomic mass is 16.5. The molecular weight excluding hydrogens is 396 g/mol. The molecule has 162 valence electrons. The van der Waals surface area contributed by atoms with Crippen LogP contribution in [0.4, 0.5) is 0 Å². The monoisotopic (exact) mass is 422 g/mol. The van der Waals surface area contributed by atoms with Crippen LogP contribution < -0.4 is 14.2 Å². The fourth-order valence-electron chi connectivity index (χ4n) is 3.27. The van der Waals surface area contributed by atoms with Gasteiger partial charge in [0, 0.05) is 11.1 Å². The Balaban J connectivity index is 2.29. The molecule has 0 atom stereocenters. The minimum Gasteiger partial charge on any atom is -0.497 e. The number of aliphatic hydroxyl groups is 1. The summed E-state index contributed by atoms with van der Waals surface area (Å²) >= 11 is 0. The van der Waals surface area contributed by atoms with E-state index in [2.05, 4.69) is 0 Å². The summed E-state index contributed by atoms with van der Waals surface area (Å²) in [6.45, 7) is 1.99. The first-order valence-electron chi connectivity index (χ1n) is 9.99. The molecule has 3 aromatic carbocycles. The van der Waals surface area contributed by atoms with E-state index in [0.29, 0.717) is 33.9 Å². The normalized spacial score (nSPS) is 10.5. The quantitative estimate of drug-likeness (QED) is 0.509. The molecule has 6 heteroatoms. The molecule has 0 bridgehead atoms. The van der Waals surface area contributed by atoms with E-state index in [0.717, 1.165) is 11.1 Å². The van der Waals surface area contributed by atoms with Crippen LogP contribution in [0.3, 0.4) is 0 Å². The van der Waals surface area contributed by atoms with E-state index in [1.807, 2.05) is 48.5 Å². The molecule has 0 fully saturated rings. The zero-order chi connectivity index (χ0) is 22.2. The molecule has 0 aliphatic rings. The van der Waals surface area contributed by atoms with Crippen molar-refractivity contribution in [1.29, 1.82) is 0 Å². The van der Waals surface area contributed by atoms with E-state index in [1.54, 1.807) is 33.3 Å². The van der Waals surface area contributed by atoms with Gasteiger partial charge in [-0.25, -0.2) is 4.79 Å². The highest BCUT2D eigenvalue weighted by Crippen LogP contribution is 2.42. The predicted octanol–water partition coefficient (Wildman–Crippen LogP) is 4.59. The van der Waals surface area contributed by atoms with Crippen molar-refractivity contribution in [2.75, 3.05) is 34.0 Å². The predicted molar refractivity (Wildman–Crippen MR) is 119 cm³/mol. The van der Waals surface area contributed by atoms with Gasteiger partial charge in [-0.15, -0.1) is 0 Å². The molecule has 3 aromatic rings. The summed E-state index contributed by atoms with van der Waals surface area (Å²) in [6.07, 6.45) is 0. The van der Waals surface area contributed by atoms with Crippen molar-refractivity contribution >= 4 is 5.97 Å². The van der Waals surface area contributed by atoms with Crippen molar-refractivity contribution in [1.82, 2.24) is 0 Å². The number of carbonyl (C=O) groups excluding carboxylic acids is 1. The molecule has 1 N–H and O–H groups in total. The minimum atomic E-state index is -0.426. The number of rotatable bonds is 9. The average molecular weight is 422 g/mol. The minimum absolute atomic E-state index is 0.104. The second-order valence-corrected chi connectivity index (χ2v) is 6.66. The third kappa shape index (κ3) is 5.16. The lowest BCUT2D eigenvalue weighted by molar-refractivity contribution is 0.0526. The van der Waals surface area contributed by atoms with Gasteiger partial charge in [0.25, 0.3) is 0 Å². The first-order chi connectivity index (χ1) is 15.1. The fraction of sp³-hybridized carbons (Fsp3) is 0.240. The Bertz CT molecular complexity index is 975. The molecule has 0 aliphatic carbocycles. The highest BCUT2D eigenvalue weighted by Gasteiger charge is 2.20. The number of methoxy groups -OCH3 is 2. The summed E-state index contributed by atoms with van der Waals surface area (Å²) in [5.41, 5.74) is 3.39. The molecule has 31 heavy (non-hydrogen) atoms. The standard InChI is InChI=1S/C25H26O6/c1-4-30-25(27)19-15-22(17-7-5-9-20(13-17)28-2)24(31-12-11-26)23(16-19)18-8-6-10-21(14-18)29-3/h5-10,13-16,26H,4,11-12H2,1-3H3. The van der Waals surface area contributed by atoms with Gasteiger partial charge in [-0.3, -0.25) is 0 Å². The average Bonchev–Trinajstić information content (AvgIpc) is 2.82. The smallest absolute Gasteiger partial charge is 0.338 e. The molecule has 0 radical (unpaired) electrons. The van der Waals surface area contributed by atoms with E-state index in [9.17, 15) is 9.90 Å². The van der Waals surface area contributed by atoms with E-state index in [-0.39, 0.29) is 19.8 Å². The third-order valence-corrected chi connectivity index (χ3v) is 4.70. The summed E-state index contributed by atoms with van der Waals surface area (Å²) in [5.74, 6) is 1.47. The van der Waals surface area contributed by atoms with Crippen molar-refractivity contribution in [3.63, 3.8) is 0 Å². The Hall–Kier alpha value is -3.51. The van der Waals surface area contributed by atoms with E-state index < -0.39 is 5.97 Å². The van der Waals surface area contributed by atoms with Crippen LogP contribution in [0.1, 0.15) is 17.3 Å². The summed E-state index contributed by atoms with van der Waals surface area (Å²) < 4.78 is 22.0. The maximum atomic E-state index is 12.6. The second kappa shape index (κ2) is 10.5. The van der Waals surface area contributed by atoms with Gasteiger partial charge < -0.3 is 24.1 Å². The van der Waals surface area contributed by atoms with Crippen LogP contribution in [0.2, 0.25) is 0 Å². The Labute approximate surface area is 182 Å². The van der Waals surface area contributed by atoms with Gasteiger partial charge in [-0.1, -0.05) is 24.3 Å². The molecular formula is C25H26O6. The molecule has 3 rings (SSSR count). The van der Waals surface area contributed by atoms with Crippen LogP contribution in [-0.4, -0.2) is 45.1 Å². The van der Waals surface area contributed by atoms with Crippen LogP contribution >= 0.6 is 0 Å². The molecule has 0 amide bonds. The van der Waals surface area contributed by atoms with E-state index >= 15 is 0 Å². The third-order valence-electron chi connectivity index (χ3n) is 4.70. The van der Waals surface area contributed by atoms with Crippen LogP contribution in [0.5, 0.6) is 17.2 Å². The lowest BCUT2D eigenvalue weighted by atomic mass is 9.94. The van der Waals surface area contributed by atoms with Crippen molar-refractivity contribution in [3.05, 3.63) is 66.2 Å². The number of hydrogen-bond acceptors (Lipinski definition) is 6. The number of hydrogen-bond donors (Lipinski definition) is 1. The largest absolute Gasteiger partial charge is 0.497 e. The highest BCUT2D eigenvalue weighted by molar-refractivity contribution is 5.96. The molecule has 0 heterocycles. The summed E-state index contributed by atoms with van der Waals surface area (Å²) in [5, 5.41) is 9.39. The Morgan fingerprint density at radius 1 is 0.871 bits per heavy atom. The first kappa shape index (κ1) is 22.2. The van der Waals surface area contributed by atoms with Crippen LogP contribution in [0, 0.1) is 0 Å². The lowest BCUT2D eigenvalue weighted by Crippen LogP contribution is -2.08. The van der Waals surface area contributed by atoms with Gasteiger partial charge >= 0.3 is 5.97 Å². The van der Waals surface area contributed by atoms with Crippen molar-refractivity contribution in [2.45, 2.75) is 6.92 Å². The van der Waals surface area contributed by atoms with Gasteiger partial charge in [-0.2, -0.15) is 0 Å². The Morgan fingerprint density at radius 3 is 1.87 bits per heavy atom. The zero-order valence-electron chi connectivity index (χ0n) is 17.9. The van der Waals surface area contributed by atoms with Gasteiger partial charge in [-0.05, 0) is 54.4 Å². The fourth-order valence-corrected chi connectivity index (χ4v) is 3.27.